The first-order valence-corrected chi connectivity index (χ1v) is 10.7. The number of nitrogens with zero attached hydrogens (tertiary/aromatic N) is 2. The maximum absolute atomic E-state index is 12.7. The number of carbonyl (C=O) groups excluding carboxylic acids is 1. The molecule has 0 unspecified atom stereocenters. The first-order chi connectivity index (χ1) is 15.8. The molecule has 1 amide bonds. The monoisotopic (exact) mass is 467 g/mol. The molecule has 3 aromatic carbocycles. The van der Waals surface area contributed by atoms with Gasteiger partial charge in [0.1, 0.15) is 5.82 Å². The zero-order chi connectivity index (χ0) is 23.0. The number of benzene rings is 3. The number of fused-ring (bicyclic) bond motifs is 2. The molecular formula is C23H16F3N5OS. The summed E-state index contributed by atoms with van der Waals surface area (Å²) in [4.78, 5) is 24.7. The van der Waals surface area contributed by atoms with Gasteiger partial charge in [-0.15, -0.1) is 0 Å². The van der Waals surface area contributed by atoms with Gasteiger partial charge in [-0.05, 0) is 54.6 Å². The lowest BCUT2D eigenvalue weighted by Crippen LogP contribution is -2.23. The van der Waals surface area contributed by atoms with Gasteiger partial charge in [0.25, 0.3) is 5.91 Å². The molecule has 0 bridgehead atoms. The fraction of sp³-hybridized carbons (Fsp3) is 0.0870. The second-order valence-corrected chi connectivity index (χ2v) is 8.32. The fourth-order valence-corrected chi connectivity index (χ4v) is 4.27. The highest BCUT2D eigenvalue weighted by molar-refractivity contribution is 7.22. The summed E-state index contributed by atoms with van der Waals surface area (Å²) in [5.41, 5.74) is 2.68. The number of halogens is 3. The Morgan fingerprint density at radius 3 is 2.52 bits per heavy atom. The fourth-order valence-electron chi connectivity index (χ4n) is 3.34. The highest BCUT2D eigenvalue weighted by Gasteiger charge is 2.29. The van der Waals surface area contributed by atoms with E-state index in [0.29, 0.717) is 27.7 Å². The molecule has 0 aliphatic heterocycles. The molecule has 0 aliphatic rings. The third-order valence-electron chi connectivity index (χ3n) is 4.97. The van der Waals surface area contributed by atoms with Crippen molar-refractivity contribution in [1.82, 2.24) is 20.3 Å². The minimum atomic E-state index is -4.38. The maximum atomic E-state index is 12.7. The molecule has 3 N–H and O–H groups in total. The molecule has 5 aromatic rings. The number of thiazole rings is 1. The van der Waals surface area contributed by atoms with E-state index in [2.05, 4.69) is 25.6 Å². The predicted octanol–water partition coefficient (Wildman–Crippen LogP) is 5.87. The largest absolute Gasteiger partial charge is 0.416 e. The third kappa shape index (κ3) is 4.51. The topological polar surface area (TPSA) is 82.7 Å². The van der Waals surface area contributed by atoms with Gasteiger partial charge in [-0.3, -0.25) is 4.79 Å². The van der Waals surface area contributed by atoms with Crippen LogP contribution in [0.25, 0.3) is 21.3 Å². The van der Waals surface area contributed by atoms with E-state index in [-0.39, 0.29) is 12.5 Å². The molecular weight excluding hydrogens is 451 g/mol. The van der Waals surface area contributed by atoms with Gasteiger partial charge in [-0.2, -0.15) is 13.2 Å². The van der Waals surface area contributed by atoms with Crippen LogP contribution in [0.15, 0.2) is 66.7 Å². The summed E-state index contributed by atoms with van der Waals surface area (Å²) in [6, 6.07) is 17.5. The SMILES string of the molecule is O=C(NCc1nc2ccccc2[nH]1)c1ccc2nc(Nc3ccc(C(F)(F)F)cc3)sc2c1. The summed E-state index contributed by atoms with van der Waals surface area (Å²) >= 11 is 1.31. The van der Waals surface area contributed by atoms with E-state index in [4.69, 9.17) is 0 Å². The Balaban J connectivity index is 1.27. The van der Waals surface area contributed by atoms with Crippen LogP contribution >= 0.6 is 11.3 Å². The standard InChI is InChI=1S/C23H16F3N5OS/c24-23(25,26)14-6-8-15(9-7-14)28-22-31-18-10-5-13(11-19(18)33-22)21(32)27-12-20-29-16-3-1-2-4-17(16)30-20/h1-11H,12H2,(H,27,32)(H,28,31)(H,29,30). The maximum Gasteiger partial charge on any atom is 0.416 e. The average Bonchev–Trinajstić information content (AvgIpc) is 3.39. The molecule has 6 nitrogen and oxygen atoms in total. The Labute approximate surface area is 189 Å². The van der Waals surface area contributed by atoms with Gasteiger partial charge in [0, 0.05) is 11.3 Å². The van der Waals surface area contributed by atoms with Crippen molar-refractivity contribution in [2.75, 3.05) is 5.32 Å². The number of imidazole rings is 1. The van der Waals surface area contributed by atoms with Crippen LogP contribution in [-0.2, 0) is 12.7 Å². The molecule has 10 heteroatoms. The van der Waals surface area contributed by atoms with Crippen molar-refractivity contribution >= 4 is 49.3 Å². The second kappa shape index (κ2) is 8.21. The molecule has 33 heavy (non-hydrogen) atoms. The lowest BCUT2D eigenvalue weighted by atomic mass is 10.2. The molecule has 2 aromatic heterocycles. The van der Waals surface area contributed by atoms with Crippen LogP contribution in [0, 0.1) is 0 Å². The number of hydrogen-bond donors (Lipinski definition) is 3. The van der Waals surface area contributed by atoms with Crippen LogP contribution in [0.4, 0.5) is 24.0 Å². The predicted molar refractivity (Wildman–Crippen MR) is 122 cm³/mol. The minimum Gasteiger partial charge on any atom is -0.345 e. The highest BCUT2D eigenvalue weighted by Crippen LogP contribution is 2.32. The number of carbonyl (C=O) groups is 1. The van der Waals surface area contributed by atoms with E-state index >= 15 is 0 Å². The van der Waals surface area contributed by atoms with Crippen LogP contribution in [0.2, 0.25) is 0 Å². The van der Waals surface area contributed by atoms with Crippen LogP contribution in [-0.4, -0.2) is 20.9 Å². The molecule has 0 spiro atoms. The van der Waals surface area contributed by atoms with E-state index in [1.54, 1.807) is 18.2 Å². The molecule has 0 atom stereocenters. The molecule has 0 aliphatic carbocycles. The summed E-state index contributed by atoms with van der Waals surface area (Å²) in [5, 5.41) is 6.37. The normalized spacial score (nSPS) is 11.7. The van der Waals surface area contributed by atoms with Crippen LogP contribution in [0.5, 0.6) is 0 Å². The number of hydrogen-bond acceptors (Lipinski definition) is 5. The van der Waals surface area contributed by atoms with Crippen LogP contribution < -0.4 is 10.6 Å². The second-order valence-electron chi connectivity index (χ2n) is 7.28. The summed E-state index contributed by atoms with van der Waals surface area (Å²) in [6.07, 6.45) is -4.38. The molecule has 0 saturated carbocycles. The van der Waals surface area contributed by atoms with Crippen molar-refractivity contribution in [1.29, 1.82) is 0 Å². The summed E-state index contributed by atoms with van der Waals surface area (Å²) in [7, 11) is 0. The van der Waals surface area contributed by atoms with Crippen molar-refractivity contribution < 1.29 is 18.0 Å². The number of amides is 1. The van der Waals surface area contributed by atoms with E-state index < -0.39 is 11.7 Å². The number of anilines is 2. The first-order valence-electron chi connectivity index (χ1n) is 9.92. The zero-order valence-electron chi connectivity index (χ0n) is 16.9. The zero-order valence-corrected chi connectivity index (χ0v) is 17.7. The quantitative estimate of drug-likeness (QED) is 0.302. The van der Waals surface area contributed by atoms with E-state index in [1.807, 2.05) is 24.3 Å². The van der Waals surface area contributed by atoms with E-state index in [1.165, 1.54) is 23.5 Å². The van der Waals surface area contributed by atoms with E-state index in [0.717, 1.165) is 27.9 Å². The van der Waals surface area contributed by atoms with Gasteiger partial charge < -0.3 is 15.6 Å². The number of aromatic amines is 1. The van der Waals surface area contributed by atoms with Gasteiger partial charge >= 0.3 is 6.18 Å². The Morgan fingerprint density at radius 2 is 1.76 bits per heavy atom. The highest BCUT2D eigenvalue weighted by atomic mass is 32.1. The van der Waals surface area contributed by atoms with Gasteiger partial charge in [0.05, 0.1) is 33.4 Å². The molecule has 2 heterocycles. The molecule has 0 saturated heterocycles. The Kier molecular flexibility index (Phi) is 5.21. The van der Waals surface area contributed by atoms with Gasteiger partial charge in [-0.25, -0.2) is 9.97 Å². The summed E-state index contributed by atoms with van der Waals surface area (Å²) in [5.74, 6) is 0.412. The number of para-hydroxylation sites is 2. The average molecular weight is 467 g/mol. The Bertz CT molecular complexity index is 1420. The van der Waals surface area contributed by atoms with Crippen molar-refractivity contribution in [2.45, 2.75) is 12.7 Å². The van der Waals surface area contributed by atoms with E-state index in [9.17, 15) is 18.0 Å². The minimum absolute atomic E-state index is 0.247. The number of alkyl halides is 3. The van der Waals surface area contributed by atoms with Crippen molar-refractivity contribution in [3.8, 4) is 0 Å². The number of H-pyrrole nitrogens is 1. The van der Waals surface area contributed by atoms with Crippen molar-refractivity contribution in [3.63, 3.8) is 0 Å². The lowest BCUT2D eigenvalue weighted by Gasteiger charge is -2.07. The molecule has 166 valence electrons. The van der Waals surface area contributed by atoms with Gasteiger partial charge in [0.15, 0.2) is 5.13 Å². The van der Waals surface area contributed by atoms with Crippen LogP contribution in [0.1, 0.15) is 21.7 Å². The van der Waals surface area contributed by atoms with Crippen LogP contribution in [0.3, 0.4) is 0 Å². The van der Waals surface area contributed by atoms with Gasteiger partial charge in [0.2, 0.25) is 0 Å². The first kappa shape index (κ1) is 21.0. The smallest absolute Gasteiger partial charge is 0.345 e. The Morgan fingerprint density at radius 1 is 0.970 bits per heavy atom. The Hall–Kier alpha value is -3.92. The van der Waals surface area contributed by atoms with Crippen molar-refractivity contribution in [2.24, 2.45) is 0 Å². The molecule has 5 rings (SSSR count). The van der Waals surface area contributed by atoms with Gasteiger partial charge in [-0.1, -0.05) is 23.5 Å². The number of nitrogens with one attached hydrogen (secondary N) is 3. The van der Waals surface area contributed by atoms with Crippen molar-refractivity contribution in [3.05, 3.63) is 83.7 Å². The summed E-state index contributed by atoms with van der Waals surface area (Å²) < 4.78 is 38.9. The number of aromatic nitrogens is 3. The molecule has 0 radical (unpaired) electrons. The third-order valence-corrected chi connectivity index (χ3v) is 5.90. The number of rotatable bonds is 5. The summed E-state index contributed by atoms with van der Waals surface area (Å²) in [6.45, 7) is 0.259. The molecule has 0 fully saturated rings. The lowest BCUT2D eigenvalue weighted by molar-refractivity contribution is -0.137.